The molecule has 1 aromatic carbocycles. The number of rotatable bonds is 1. The van der Waals surface area contributed by atoms with Crippen LogP contribution < -0.4 is 5.32 Å². The predicted octanol–water partition coefficient (Wildman–Crippen LogP) is 3.68. The van der Waals surface area contributed by atoms with Crippen LogP contribution in [0.2, 0.25) is 10.0 Å². The van der Waals surface area contributed by atoms with E-state index in [4.69, 9.17) is 23.2 Å². The fraction of sp³-hybridized carbons (Fsp3) is 0.333. The van der Waals surface area contributed by atoms with Gasteiger partial charge in [0.1, 0.15) is 0 Å². The molecule has 0 bridgehead atoms. The zero-order valence-electron chi connectivity index (χ0n) is 8.90. The van der Waals surface area contributed by atoms with E-state index in [1.165, 1.54) is 11.3 Å². The lowest BCUT2D eigenvalue weighted by atomic mass is 10.1. The molecule has 0 amide bonds. The van der Waals surface area contributed by atoms with E-state index in [0.717, 1.165) is 23.7 Å². The highest BCUT2D eigenvalue weighted by molar-refractivity contribution is 6.38. The molecule has 0 saturated heterocycles. The summed E-state index contributed by atoms with van der Waals surface area (Å²) in [5, 5.41) is 5.88. The Hall–Kier alpha value is -0.700. The summed E-state index contributed by atoms with van der Waals surface area (Å²) in [7, 11) is 1.99. The van der Waals surface area contributed by atoms with Gasteiger partial charge in [0.15, 0.2) is 0 Å². The summed E-state index contributed by atoms with van der Waals surface area (Å²) in [5.41, 5.74) is 3.64. The number of halogens is 2. The molecular weight excluding hydrogens is 243 g/mol. The smallest absolute Gasteiger partial charge is 0.0662 e. The van der Waals surface area contributed by atoms with Crippen LogP contribution in [0.15, 0.2) is 12.1 Å². The SMILES string of the molecule is CNC1CCc2[nH]c3c(Cl)cc(Cl)cc3c21. The Kier molecular flexibility index (Phi) is 2.39. The maximum absolute atomic E-state index is 6.18. The number of H-pyrrole nitrogens is 1. The molecule has 16 heavy (non-hydrogen) atoms. The standard InChI is InChI=1S/C12H12Cl2N2/c1-15-9-2-3-10-11(9)7-4-6(13)5-8(14)12(7)16-10/h4-5,9,15-16H,2-3H2,1H3. The van der Waals surface area contributed by atoms with E-state index in [1.807, 2.05) is 13.1 Å². The minimum atomic E-state index is 0.415. The first-order chi connectivity index (χ1) is 7.70. The van der Waals surface area contributed by atoms with Crippen molar-refractivity contribution in [2.24, 2.45) is 0 Å². The van der Waals surface area contributed by atoms with Gasteiger partial charge in [0.2, 0.25) is 0 Å². The zero-order chi connectivity index (χ0) is 11.3. The Morgan fingerprint density at radius 3 is 2.94 bits per heavy atom. The Morgan fingerprint density at radius 1 is 1.38 bits per heavy atom. The van der Waals surface area contributed by atoms with Crippen molar-refractivity contribution in [2.45, 2.75) is 18.9 Å². The Morgan fingerprint density at radius 2 is 2.19 bits per heavy atom. The van der Waals surface area contributed by atoms with Crippen LogP contribution >= 0.6 is 23.2 Å². The summed E-state index contributed by atoms with van der Waals surface area (Å²) < 4.78 is 0. The molecule has 0 fully saturated rings. The third-order valence-electron chi connectivity index (χ3n) is 3.33. The summed E-state index contributed by atoms with van der Waals surface area (Å²) in [6.45, 7) is 0. The highest BCUT2D eigenvalue weighted by Crippen LogP contribution is 2.40. The van der Waals surface area contributed by atoms with Crippen molar-refractivity contribution in [3.8, 4) is 0 Å². The second kappa shape index (κ2) is 3.66. The second-order valence-electron chi connectivity index (χ2n) is 4.21. The van der Waals surface area contributed by atoms with Gasteiger partial charge in [-0.25, -0.2) is 0 Å². The van der Waals surface area contributed by atoms with E-state index in [2.05, 4.69) is 10.3 Å². The van der Waals surface area contributed by atoms with E-state index >= 15 is 0 Å². The molecule has 0 spiro atoms. The van der Waals surface area contributed by atoms with Crippen LogP contribution in [0.3, 0.4) is 0 Å². The molecule has 2 nitrogen and oxygen atoms in total. The number of aryl methyl sites for hydroxylation is 1. The van der Waals surface area contributed by atoms with Gasteiger partial charge in [-0.15, -0.1) is 0 Å². The summed E-state index contributed by atoms with van der Waals surface area (Å²) in [4.78, 5) is 3.41. The average molecular weight is 255 g/mol. The largest absolute Gasteiger partial charge is 0.357 e. The first kappa shape index (κ1) is 10.5. The number of fused-ring (bicyclic) bond motifs is 3. The van der Waals surface area contributed by atoms with Gasteiger partial charge in [-0.2, -0.15) is 0 Å². The molecule has 1 aliphatic carbocycles. The Labute approximate surface area is 104 Å². The number of benzene rings is 1. The molecule has 1 atom stereocenters. The van der Waals surface area contributed by atoms with Crippen LogP contribution in [0.5, 0.6) is 0 Å². The van der Waals surface area contributed by atoms with Gasteiger partial charge in [0.25, 0.3) is 0 Å². The summed E-state index contributed by atoms with van der Waals surface area (Å²) in [6.07, 6.45) is 2.21. The highest BCUT2D eigenvalue weighted by atomic mass is 35.5. The summed E-state index contributed by atoms with van der Waals surface area (Å²) >= 11 is 12.2. The molecule has 1 unspecified atom stereocenters. The topological polar surface area (TPSA) is 27.8 Å². The molecule has 2 aromatic rings. The van der Waals surface area contributed by atoms with Crippen molar-refractivity contribution in [1.82, 2.24) is 10.3 Å². The fourth-order valence-electron chi connectivity index (χ4n) is 2.61. The minimum absolute atomic E-state index is 0.415. The van der Waals surface area contributed by atoms with Gasteiger partial charge < -0.3 is 10.3 Å². The lowest BCUT2D eigenvalue weighted by Crippen LogP contribution is -2.12. The van der Waals surface area contributed by atoms with Crippen LogP contribution in [0.1, 0.15) is 23.7 Å². The monoisotopic (exact) mass is 254 g/mol. The molecule has 0 saturated carbocycles. The van der Waals surface area contributed by atoms with Gasteiger partial charge in [-0.05, 0) is 37.6 Å². The van der Waals surface area contributed by atoms with Gasteiger partial charge in [-0.3, -0.25) is 0 Å². The maximum atomic E-state index is 6.18. The average Bonchev–Trinajstić information content (AvgIpc) is 2.77. The van der Waals surface area contributed by atoms with Crippen molar-refractivity contribution in [3.63, 3.8) is 0 Å². The first-order valence-corrected chi connectivity index (χ1v) is 6.13. The Balaban J connectivity index is 2.33. The van der Waals surface area contributed by atoms with Crippen molar-refractivity contribution in [3.05, 3.63) is 33.4 Å². The molecule has 2 N–H and O–H groups in total. The lowest BCUT2D eigenvalue weighted by Gasteiger charge is -2.09. The molecule has 1 heterocycles. The fourth-order valence-corrected chi connectivity index (χ4v) is 3.15. The van der Waals surface area contributed by atoms with Crippen LogP contribution in [-0.2, 0) is 6.42 Å². The second-order valence-corrected chi connectivity index (χ2v) is 5.05. The molecule has 3 rings (SSSR count). The summed E-state index contributed by atoms with van der Waals surface area (Å²) in [6, 6.07) is 4.19. The van der Waals surface area contributed by atoms with Crippen LogP contribution in [-0.4, -0.2) is 12.0 Å². The van der Waals surface area contributed by atoms with Gasteiger partial charge in [-0.1, -0.05) is 23.2 Å². The highest BCUT2D eigenvalue weighted by Gasteiger charge is 2.26. The third kappa shape index (κ3) is 1.37. The number of aromatic amines is 1. The van der Waals surface area contributed by atoms with E-state index in [9.17, 15) is 0 Å². The number of aromatic nitrogens is 1. The number of hydrogen-bond acceptors (Lipinski definition) is 1. The quantitative estimate of drug-likeness (QED) is 0.799. The van der Waals surface area contributed by atoms with Crippen molar-refractivity contribution < 1.29 is 0 Å². The number of hydrogen-bond donors (Lipinski definition) is 2. The molecule has 0 radical (unpaired) electrons. The van der Waals surface area contributed by atoms with E-state index < -0.39 is 0 Å². The van der Waals surface area contributed by atoms with E-state index in [0.29, 0.717) is 16.1 Å². The zero-order valence-corrected chi connectivity index (χ0v) is 10.4. The van der Waals surface area contributed by atoms with Gasteiger partial charge >= 0.3 is 0 Å². The Bertz CT molecular complexity index is 560. The van der Waals surface area contributed by atoms with E-state index in [-0.39, 0.29) is 0 Å². The molecule has 1 aromatic heterocycles. The third-order valence-corrected chi connectivity index (χ3v) is 3.84. The molecule has 0 aliphatic heterocycles. The maximum Gasteiger partial charge on any atom is 0.0662 e. The summed E-state index contributed by atoms with van der Waals surface area (Å²) in [5.74, 6) is 0. The van der Waals surface area contributed by atoms with Gasteiger partial charge in [0, 0.05) is 22.1 Å². The van der Waals surface area contributed by atoms with Crippen molar-refractivity contribution in [2.75, 3.05) is 7.05 Å². The van der Waals surface area contributed by atoms with Gasteiger partial charge in [0.05, 0.1) is 10.5 Å². The van der Waals surface area contributed by atoms with Crippen LogP contribution in [0, 0.1) is 0 Å². The number of nitrogens with one attached hydrogen (secondary N) is 2. The van der Waals surface area contributed by atoms with Crippen molar-refractivity contribution in [1.29, 1.82) is 0 Å². The molecule has 1 aliphatic rings. The van der Waals surface area contributed by atoms with Crippen molar-refractivity contribution >= 4 is 34.1 Å². The molecule has 84 valence electrons. The molecular formula is C12H12Cl2N2. The molecule has 4 heteroatoms. The predicted molar refractivity (Wildman–Crippen MR) is 68.4 cm³/mol. The van der Waals surface area contributed by atoms with E-state index in [1.54, 1.807) is 6.07 Å². The minimum Gasteiger partial charge on any atom is -0.357 e. The first-order valence-electron chi connectivity index (χ1n) is 5.37. The van der Waals surface area contributed by atoms with Crippen LogP contribution in [0.25, 0.3) is 10.9 Å². The lowest BCUT2D eigenvalue weighted by molar-refractivity contribution is 0.593. The van der Waals surface area contributed by atoms with Crippen LogP contribution in [0.4, 0.5) is 0 Å². The normalized spacial score (nSPS) is 19.3.